The summed E-state index contributed by atoms with van der Waals surface area (Å²) in [5.41, 5.74) is 0. The predicted octanol–water partition coefficient (Wildman–Crippen LogP) is 2.37. The summed E-state index contributed by atoms with van der Waals surface area (Å²) in [7, 11) is 0. The Morgan fingerprint density at radius 2 is 2.33 bits per heavy atom. The van der Waals surface area contributed by atoms with Crippen LogP contribution in [0.5, 0.6) is 0 Å². The molecule has 0 saturated carbocycles. The average Bonchev–Trinajstić information content (AvgIpc) is 3.44. The highest BCUT2D eigenvalue weighted by molar-refractivity contribution is 7.09. The fourth-order valence-corrected chi connectivity index (χ4v) is 4.34. The van der Waals surface area contributed by atoms with Gasteiger partial charge in [-0.15, -0.1) is 21.5 Å². The van der Waals surface area contributed by atoms with E-state index in [1.165, 1.54) is 4.88 Å². The van der Waals surface area contributed by atoms with Crippen LogP contribution in [0.2, 0.25) is 0 Å². The first kappa shape index (κ1) is 22.3. The molecule has 30 heavy (non-hydrogen) atoms. The molecule has 0 spiro atoms. The van der Waals surface area contributed by atoms with Gasteiger partial charge in [-0.25, -0.2) is 0 Å². The third-order valence-electron chi connectivity index (χ3n) is 5.19. The monoisotopic (exact) mass is 432 g/mol. The second kappa shape index (κ2) is 11.7. The standard InChI is InChI=1S/C21H32N6O2S/c1-3-19-25-24-16-27(19)13-11-23-21(22-10-9-18-8-6-14-30-18)26-12-5-7-17(15-26)20(28)29-4-2/h6,8,14,16-17H,3-5,7,9-13,15H2,1-2H3,(H,22,23). The van der Waals surface area contributed by atoms with Gasteiger partial charge in [0.05, 0.1) is 12.5 Å². The molecule has 3 rings (SSSR count). The van der Waals surface area contributed by atoms with E-state index in [0.29, 0.717) is 13.2 Å². The molecule has 1 unspecified atom stereocenters. The zero-order valence-corrected chi connectivity index (χ0v) is 18.7. The van der Waals surface area contributed by atoms with Gasteiger partial charge in [0.25, 0.3) is 0 Å². The lowest BCUT2D eigenvalue weighted by molar-refractivity contribution is -0.149. The maximum atomic E-state index is 12.3. The molecule has 0 aromatic carbocycles. The maximum absolute atomic E-state index is 12.3. The molecule has 8 nitrogen and oxygen atoms in total. The van der Waals surface area contributed by atoms with Gasteiger partial charge in [-0.2, -0.15) is 0 Å². The van der Waals surface area contributed by atoms with Crippen molar-refractivity contribution in [3.05, 3.63) is 34.5 Å². The second-order valence-corrected chi connectivity index (χ2v) is 8.33. The third-order valence-corrected chi connectivity index (χ3v) is 6.12. The van der Waals surface area contributed by atoms with Crippen LogP contribution in [0.1, 0.15) is 37.4 Å². The summed E-state index contributed by atoms with van der Waals surface area (Å²) in [6.45, 7) is 8.12. The number of ether oxygens (including phenoxy) is 1. The Hall–Kier alpha value is -2.42. The molecule has 2 aromatic heterocycles. The van der Waals surface area contributed by atoms with Crippen molar-refractivity contribution in [2.45, 2.75) is 46.1 Å². The van der Waals surface area contributed by atoms with E-state index >= 15 is 0 Å². The van der Waals surface area contributed by atoms with Crippen molar-refractivity contribution in [3.63, 3.8) is 0 Å². The number of thiophene rings is 1. The van der Waals surface area contributed by atoms with Crippen molar-refractivity contribution in [3.8, 4) is 0 Å². The quantitative estimate of drug-likeness (QED) is 0.372. The molecule has 1 aliphatic heterocycles. The number of esters is 1. The van der Waals surface area contributed by atoms with E-state index < -0.39 is 0 Å². The zero-order chi connectivity index (χ0) is 21.2. The van der Waals surface area contributed by atoms with Gasteiger partial charge in [-0.3, -0.25) is 9.79 Å². The van der Waals surface area contributed by atoms with Crippen LogP contribution >= 0.6 is 11.3 Å². The van der Waals surface area contributed by atoms with E-state index in [1.807, 2.05) is 6.92 Å². The molecule has 0 radical (unpaired) electrons. The van der Waals surface area contributed by atoms with Crippen LogP contribution in [0.15, 0.2) is 28.8 Å². The fraction of sp³-hybridized carbons (Fsp3) is 0.619. The molecular formula is C21H32N6O2S. The summed E-state index contributed by atoms with van der Waals surface area (Å²) in [6, 6.07) is 4.21. The molecule has 164 valence electrons. The third kappa shape index (κ3) is 6.29. The number of rotatable bonds is 9. The number of nitrogens with zero attached hydrogens (tertiary/aromatic N) is 5. The molecule has 2 aromatic rings. The van der Waals surface area contributed by atoms with Crippen LogP contribution < -0.4 is 5.32 Å². The molecule has 0 bridgehead atoms. The molecule has 9 heteroatoms. The van der Waals surface area contributed by atoms with Crippen molar-refractivity contribution in [2.75, 3.05) is 32.8 Å². The number of guanidine groups is 1. The van der Waals surface area contributed by atoms with Crippen molar-refractivity contribution >= 4 is 23.3 Å². The molecule has 1 aliphatic rings. The number of hydrogen-bond acceptors (Lipinski definition) is 6. The Labute approximate surface area is 182 Å². The first-order valence-electron chi connectivity index (χ1n) is 10.8. The molecule has 1 fully saturated rings. The first-order chi connectivity index (χ1) is 14.7. The van der Waals surface area contributed by atoms with Crippen molar-refractivity contribution < 1.29 is 9.53 Å². The largest absolute Gasteiger partial charge is 0.466 e. The Balaban J connectivity index is 1.62. The second-order valence-electron chi connectivity index (χ2n) is 7.29. The SMILES string of the molecule is CCOC(=O)C1CCCN(C(=NCCc2cccs2)NCCn2cnnc2CC)C1. The minimum atomic E-state index is -0.0998. The predicted molar refractivity (Wildman–Crippen MR) is 119 cm³/mol. The highest BCUT2D eigenvalue weighted by atomic mass is 32.1. The van der Waals surface area contributed by atoms with Gasteiger partial charge in [0, 0.05) is 50.4 Å². The smallest absolute Gasteiger partial charge is 0.310 e. The van der Waals surface area contributed by atoms with E-state index in [4.69, 9.17) is 9.73 Å². The maximum Gasteiger partial charge on any atom is 0.310 e. The summed E-state index contributed by atoms with van der Waals surface area (Å²) >= 11 is 1.76. The zero-order valence-electron chi connectivity index (χ0n) is 17.9. The summed E-state index contributed by atoms with van der Waals surface area (Å²) in [6.07, 6.45) is 5.38. The number of piperidine rings is 1. The lowest BCUT2D eigenvalue weighted by Gasteiger charge is -2.34. The van der Waals surface area contributed by atoms with Crippen LogP contribution in [0.3, 0.4) is 0 Å². The van der Waals surface area contributed by atoms with E-state index in [0.717, 1.165) is 63.6 Å². The van der Waals surface area contributed by atoms with Gasteiger partial charge in [-0.1, -0.05) is 13.0 Å². The summed E-state index contributed by atoms with van der Waals surface area (Å²) in [5, 5.41) is 13.7. The Bertz CT molecular complexity index is 804. The van der Waals surface area contributed by atoms with Crippen molar-refractivity contribution in [1.82, 2.24) is 25.0 Å². The number of aromatic nitrogens is 3. The number of nitrogens with one attached hydrogen (secondary N) is 1. The highest BCUT2D eigenvalue weighted by Crippen LogP contribution is 2.18. The molecule has 0 amide bonds. The average molecular weight is 433 g/mol. The van der Waals surface area contributed by atoms with Crippen LogP contribution in [0.4, 0.5) is 0 Å². The normalized spacial score (nSPS) is 17.2. The number of carbonyl (C=O) groups excluding carboxylic acids is 1. The van der Waals surface area contributed by atoms with Crippen LogP contribution in [-0.4, -0.2) is 64.4 Å². The minimum absolute atomic E-state index is 0.0902. The van der Waals surface area contributed by atoms with Gasteiger partial charge >= 0.3 is 5.97 Å². The van der Waals surface area contributed by atoms with Gasteiger partial charge in [0.1, 0.15) is 12.2 Å². The number of aliphatic imine (C=N–C) groups is 1. The molecule has 1 atom stereocenters. The van der Waals surface area contributed by atoms with Crippen LogP contribution in [-0.2, 0) is 28.9 Å². The lowest BCUT2D eigenvalue weighted by atomic mass is 9.98. The van der Waals surface area contributed by atoms with Crippen LogP contribution in [0, 0.1) is 5.92 Å². The van der Waals surface area contributed by atoms with Gasteiger partial charge in [0.2, 0.25) is 0 Å². The van der Waals surface area contributed by atoms with Crippen LogP contribution in [0.25, 0.3) is 0 Å². The van der Waals surface area contributed by atoms with E-state index in [-0.39, 0.29) is 11.9 Å². The Morgan fingerprint density at radius 3 is 3.10 bits per heavy atom. The molecule has 1 saturated heterocycles. The van der Waals surface area contributed by atoms with E-state index in [9.17, 15) is 4.79 Å². The molecule has 1 N–H and O–H groups in total. The van der Waals surface area contributed by atoms with Gasteiger partial charge in [0.15, 0.2) is 5.96 Å². The first-order valence-corrected chi connectivity index (χ1v) is 11.7. The van der Waals surface area contributed by atoms with E-state index in [1.54, 1.807) is 17.7 Å². The molecule has 0 aliphatic carbocycles. The fourth-order valence-electron chi connectivity index (χ4n) is 3.64. The van der Waals surface area contributed by atoms with Gasteiger partial charge < -0.3 is 19.5 Å². The lowest BCUT2D eigenvalue weighted by Crippen LogP contribution is -2.49. The number of likely N-dealkylation sites (tertiary alicyclic amines) is 1. The van der Waals surface area contributed by atoms with Gasteiger partial charge in [-0.05, 0) is 31.2 Å². The highest BCUT2D eigenvalue weighted by Gasteiger charge is 2.28. The van der Waals surface area contributed by atoms with E-state index in [2.05, 4.69) is 49.4 Å². The Kier molecular flexibility index (Phi) is 8.67. The summed E-state index contributed by atoms with van der Waals surface area (Å²) < 4.78 is 7.32. The number of aryl methyl sites for hydroxylation is 1. The number of hydrogen-bond donors (Lipinski definition) is 1. The molecule has 3 heterocycles. The summed E-state index contributed by atoms with van der Waals surface area (Å²) in [5.74, 6) is 1.66. The molecular weight excluding hydrogens is 400 g/mol. The Morgan fingerprint density at radius 1 is 1.43 bits per heavy atom. The van der Waals surface area contributed by atoms with Crippen molar-refractivity contribution in [1.29, 1.82) is 0 Å². The van der Waals surface area contributed by atoms with Crippen molar-refractivity contribution in [2.24, 2.45) is 10.9 Å². The summed E-state index contributed by atoms with van der Waals surface area (Å²) in [4.78, 5) is 20.7. The minimum Gasteiger partial charge on any atom is -0.466 e. The number of carbonyl (C=O) groups is 1. The topological polar surface area (TPSA) is 84.6 Å².